The molecule has 1 aromatic carbocycles. The molecule has 0 aliphatic heterocycles. The fraction of sp³-hybridized carbons (Fsp3) is 0.600. The Bertz CT molecular complexity index is 452. The summed E-state index contributed by atoms with van der Waals surface area (Å²) in [5.74, 6) is 0.205. The lowest BCUT2D eigenvalue weighted by Crippen LogP contribution is -2.43. The van der Waals surface area contributed by atoms with Gasteiger partial charge in [0.25, 0.3) is 0 Å². The smallest absolute Gasteiger partial charge is 0.139 e. The maximum absolute atomic E-state index is 13.7. The number of hydrogen-bond acceptors (Lipinski definition) is 2. The van der Waals surface area contributed by atoms with Crippen LogP contribution in [0.3, 0.4) is 0 Å². The summed E-state index contributed by atoms with van der Waals surface area (Å²) < 4.78 is 26.3. The van der Waals surface area contributed by atoms with Crippen LogP contribution in [0.5, 0.6) is 0 Å². The van der Waals surface area contributed by atoms with Gasteiger partial charge in [0.05, 0.1) is 20.9 Å². The van der Waals surface area contributed by atoms with Gasteiger partial charge in [-0.2, -0.15) is 0 Å². The van der Waals surface area contributed by atoms with E-state index in [1.54, 1.807) is 18.2 Å². The molecule has 1 aliphatic rings. The zero-order chi connectivity index (χ0) is 13.8. The second-order valence-corrected chi connectivity index (χ2v) is 7.04. The van der Waals surface area contributed by atoms with E-state index < -0.39 is 10.8 Å². The summed E-state index contributed by atoms with van der Waals surface area (Å²) in [5.41, 5.74) is 6.11. The van der Waals surface area contributed by atoms with Crippen molar-refractivity contribution in [3.63, 3.8) is 0 Å². The van der Waals surface area contributed by atoms with Crippen LogP contribution < -0.4 is 5.73 Å². The summed E-state index contributed by atoms with van der Waals surface area (Å²) in [6, 6.07) is 6.26. The lowest BCUT2D eigenvalue weighted by molar-refractivity contribution is 0.313. The summed E-state index contributed by atoms with van der Waals surface area (Å²) in [4.78, 5) is 0.306. The summed E-state index contributed by atoms with van der Waals surface area (Å²) in [7, 11) is -1.34. The Kier molecular flexibility index (Phi) is 5.11. The second-order valence-electron chi connectivity index (χ2n) is 5.40. The summed E-state index contributed by atoms with van der Waals surface area (Å²) >= 11 is 0. The molecule has 4 heteroatoms. The van der Waals surface area contributed by atoms with Gasteiger partial charge in [-0.05, 0) is 37.3 Å². The monoisotopic (exact) mass is 283 g/mol. The standard InChI is InChI=1S/C15H22FNOS/c1-2-5-11-8-9-13(17)15(10-11)19(18)14-7-4-3-6-12(14)16/h3-4,6-7,11,13,15H,2,5,8-10,17H2,1H3. The highest BCUT2D eigenvalue weighted by atomic mass is 32.2. The lowest BCUT2D eigenvalue weighted by Gasteiger charge is -2.33. The molecule has 1 fully saturated rings. The third kappa shape index (κ3) is 3.42. The topological polar surface area (TPSA) is 43.1 Å². The molecule has 106 valence electrons. The van der Waals surface area contributed by atoms with E-state index in [1.165, 1.54) is 6.07 Å². The second kappa shape index (κ2) is 6.62. The SMILES string of the molecule is CCCC1CCC(N)C(S(=O)c2ccccc2F)C1. The van der Waals surface area contributed by atoms with Gasteiger partial charge in [-0.25, -0.2) is 4.39 Å². The van der Waals surface area contributed by atoms with Gasteiger partial charge in [0.1, 0.15) is 5.82 Å². The number of benzene rings is 1. The van der Waals surface area contributed by atoms with Crippen molar-refractivity contribution in [2.45, 2.75) is 55.2 Å². The molecule has 1 saturated carbocycles. The van der Waals surface area contributed by atoms with E-state index in [0.29, 0.717) is 10.8 Å². The fourth-order valence-corrected chi connectivity index (χ4v) is 4.62. The van der Waals surface area contributed by atoms with Crippen LogP contribution in [0.25, 0.3) is 0 Å². The number of rotatable bonds is 4. The number of nitrogens with two attached hydrogens (primary N) is 1. The minimum atomic E-state index is -1.34. The molecule has 0 radical (unpaired) electrons. The molecule has 4 atom stereocenters. The molecule has 0 saturated heterocycles. The average molecular weight is 283 g/mol. The van der Waals surface area contributed by atoms with Gasteiger partial charge in [-0.15, -0.1) is 0 Å². The molecule has 2 nitrogen and oxygen atoms in total. The molecule has 2 rings (SSSR count). The van der Waals surface area contributed by atoms with Gasteiger partial charge in [-0.1, -0.05) is 31.9 Å². The molecule has 2 N–H and O–H groups in total. The number of halogens is 1. The minimum Gasteiger partial charge on any atom is -0.327 e. The van der Waals surface area contributed by atoms with Crippen molar-refractivity contribution in [1.82, 2.24) is 0 Å². The predicted octanol–water partition coefficient (Wildman–Crippen LogP) is 3.23. The summed E-state index contributed by atoms with van der Waals surface area (Å²) in [5, 5.41) is -0.109. The molecular formula is C15H22FNOS. The summed E-state index contributed by atoms with van der Waals surface area (Å²) in [6.45, 7) is 2.16. The van der Waals surface area contributed by atoms with Crippen LogP contribution in [-0.4, -0.2) is 15.5 Å². The van der Waals surface area contributed by atoms with E-state index >= 15 is 0 Å². The number of hydrogen-bond donors (Lipinski definition) is 1. The molecule has 19 heavy (non-hydrogen) atoms. The lowest BCUT2D eigenvalue weighted by atomic mass is 9.83. The minimum absolute atomic E-state index is 0.0754. The molecule has 0 spiro atoms. The van der Waals surface area contributed by atoms with Gasteiger partial charge in [0.15, 0.2) is 0 Å². The van der Waals surface area contributed by atoms with Crippen molar-refractivity contribution in [1.29, 1.82) is 0 Å². The van der Waals surface area contributed by atoms with Gasteiger partial charge in [-0.3, -0.25) is 4.21 Å². The molecule has 0 heterocycles. The molecule has 1 aromatic rings. The molecule has 0 amide bonds. The van der Waals surface area contributed by atoms with Gasteiger partial charge >= 0.3 is 0 Å². The Labute approximate surface area is 117 Å². The Morgan fingerprint density at radius 1 is 1.37 bits per heavy atom. The van der Waals surface area contributed by atoms with E-state index in [9.17, 15) is 8.60 Å². The van der Waals surface area contributed by atoms with Crippen molar-refractivity contribution < 1.29 is 8.60 Å². The summed E-state index contributed by atoms with van der Waals surface area (Å²) in [6.07, 6.45) is 5.15. The zero-order valence-electron chi connectivity index (χ0n) is 11.3. The molecule has 4 unspecified atom stereocenters. The first-order valence-corrected chi connectivity index (χ1v) is 8.25. The molecule has 0 aromatic heterocycles. The Balaban J connectivity index is 2.15. The third-order valence-corrected chi connectivity index (χ3v) is 5.83. The first-order chi connectivity index (χ1) is 9.13. The Hall–Kier alpha value is -0.740. The highest BCUT2D eigenvalue weighted by molar-refractivity contribution is 7.85. The largest absolute Gasteiger partial charge is 0.327 e. The normalized spacial score (nSPS) is 29.1. The van der Waals surface area contributed by atoms with Crippen LogP contribution >= 0.6 is 0 Å². The van der Waals surface area contributed by atoms with Crippen molar-refractivity contribution in [3.05, 3.63) is 30.1 Å². The Morgan fingerprint density at radius 2 is 2.11 bits per heavy atom. The highest BCUT2D eigenvalue weighted by Crippen LogP contribution is 2.32. The van der Waals surface area contributed by atoms with Gasteiger partial charge in [0, 0.05) is 6.04 Å². The van der Waals surface area contributed by atoms with Crippen LogP contribution in [-0.2, 0) is 10.8 Å². The van der Waals surface area contributed by atoms with Crippen molar-refractivity contribution >= 4 is 10.8 Å². The van der Waals surface area contributed by atoms with E-state index in [1.807, 2.05) is 0 Å². The van der Waals surface area contributed by atoms with Crippen molar-refractivity contribution in [3.8, 4) is 0 Å². The van der Waals surface area contributed by atoms with Crippen LogP contribution in [0.15, 0.2) is 29.2 Å². The third-order valence-electron chi connectivity index (χ3n) is 3.98. The van der Waals surface area contributed by atoms with E-state index in [-0.39, 0.29) is 17.1 Å². The molecular weight excluding hydrogens is 261 g/mol. The van der Waals surface area contributed by atoms with Crippen molar-refractivity contribution in [2.75, 3.05) is 0 Å². The van der Waals surface area contributed by atoms with E-state index in [0.717, 1.165) is 32.1 Å². The van der Waals surface area contributed by atoms with Crippen LogP contribution in [0.4, 0.5) is 4.39 Å². The van der Waals surface area contributed by atoms with Crippen LogP contribution in [0, 0.1) is 11.7 Å². The van der Waals surface area contributed by atoms with Crippen LogP contribution in [0.2, 0.25) is 0 Å². The zero-order valence-corrected chi connectivity index (χ0v) is 12.2. The average Bonchev–Trinajstić information content (AvgIpc) is 2.41. The first-order valence-electron chi connectivity index (χ1n) is 7.04. The maximum Gasteiger partial charge on any atom is 0.139 e. The highest BCUT2D eigenvalue weighted by Gasteiger charge is 2.33. The van der Waals surface area contributed by atoms with E-state index in [4.69, 9.17) is 5.73 Å². The quantitative estimate of drug-likeness (QED) is 0.922. The van der Waals surface area contributed by atoms with Crippen LogP contribution in [0.1, 0.15) is 39.0 Å². The van der Waals surface area contributed by atoms with Gasteiger partial charge in [0.2, 0.25) is 0 Å². The predicted molar refractivity (Wildman–Crippen MR) is 76.8 cm³/mol. The van der Waals surface area contributed by atoms with Gasteiger partial charge < -0.3 is 5.73 Å². The van der Waals surface area contributed by atoms with Crippen molar-refractivity contribution in [2.24, 2.45) is 11.7 Å². The Morgan fingerprint density at radius 3 is 2.79 bits per heavy atom. The first kappa shape index (κ1) is 14.7. The molecule has 0 bridgehead atoms. The maximum atomic E-state index is 13.7. The van der Waals surface area contributed by atoms with E-state index in [2.05, 4.69) is 6.92 Å². The molecule has 1 aliphatic carbocycles. The fourth-order valence-electron chi connectivity index (χ4n) is 2.92.